The number of ether oxygens (including phenoxy) is 1. The lowest BCUT2D eigenvalue weighted by Gasteiger charge is -2.19. The normalized spacial score (nSPS) is 9.68. The van der Waals surface area contributed by atoms with Crippen LogP contribution in [0.5, 0.6) is 0 Å². The molecule has 0 unspecified atom stereocenters. The minimum atomic E-state index is -1.08. The zero-order chi connectivity index (χ0) is 16.4. The van der Waals surface area contributed by atoms with Crippen molar-refractivity contribution in [3.63, 3.8) is 0 Å². The molecule has 0 radical (unpaired) electrons. The molecule has 0 aromatic heterocycles. The van der Waals surface area contributed by atoms with E-state index >= 15 is 0 Å². The number of carbonyl (C=O) groups excluding carboxylic acids is 1. The molecule has 1 rings (SSSR count). The summed E-state index contributed by atoms with van der Waals surface area (Å²) < 4.78 is 5.11. The fourth-order valence-corrected chi connectivity index (χ4v) is 1.69. The van der Waals surface area contributed by atoms with E-state index in [2.05, 4.69) is 10.0 Å². The lowest BCUT2D eigenvalue weighted by molar-refractivity contribution is -0.138. The molecule has 0 bridgehead atoms. The van der Waals surface area contributed by atoms with Gasteiger partial charge in [-0.25, -0.2) is 4.79 Å². The molecule has 0 aliphatic heterocycles. The SMILES string of the molecule is CCCCN(CC(=O)O)C(=O)OCc1ccc(N=[N+]=[N-])cc1. The number of carboxylic acids is 1. The van der Waals surface area contributed by atoms with E-state index in [1.54, 1.807) is 24.3 Å². The summed E-state index contributed by atoms with van der Waals surface area (Å²) in [6, 6.07) is 6.56. The molecular formula is C14H18N4O4. The minimum Gasteiger partial charge on any atom is -0.480 e. The standard InChI is InChI=1S/C14H18N4O4/c1-2-3-8-18(9-13(19)20)14(21)22-10-11-4-6-12(7-5-11)16-17-15/h4-7H,2-3,8-10H2,1H3,(H,19,20). The van der Waals surface area contributed by atoms with Gasteiger partial charge in [-0.1, -0.05) is 42.7 Å². The van der Waals surface area contributed by atoms with Crippen LogP contribution in [0.1, 0.15) is 25.3 Å². The Balaban J connectivity index is 2.57. The van der Waals surface area contributed by atoms with Gasteiger partial charge in [0, 0.05) is 17.1 Å². The number of unbranched alkanes of at least 4 members (excludes halogenated alkanes) is 1. The number of hydrogen-bond donors (Lipinski definition) is 1. The highest BCUT2D eigenvalue weighted by atomic mass is 16.6. The number of amides is 1. The highest BCUT2D eigenvalue weighted by Crippen LogP contribution is 2.14. The average Bonchev–Trinajstić information content (AvgIpc) is 2.50. The summed E-state index contributed by atoms with van der Waals surface area (Å²) >= 11 is 0. The summed E-state index contributed by atoms with van der Waals surface area (Å²) in [7, 11) is 0. The summed E-state index contributed by atoms with van der Waals surface area (Å²) in [6.07, 6.45) is 0.906. The van der Waals surface area contributed by atoms with Crippen LogP contribution >= 0.6 is 0 Å². The van der Waals surface area contributed by atoms with Crippen LogP contribution in [0.4, 0.5) is 10.5 Å². The van der Waals surface area contributed by atoms with Gasteiger partial charge in [-0.15, -0.1) is 0 Å². The van der Waals surface area contributed by atoms with E-state index in [-0.39, 0.29) is 13.2 Å². The second-order valence-electron chi connectivity index (χ2n) is 4.58. The van der Waals surface area contributed by atoms with Crippen molar-refractivity contribution >= 4 is 17.7 Å². The van der Waals surface area contributed by atoms with Gasteiger partial charge in [0.1, 0.15) is 13.2 Å². The van der Waals surface area contributed by atoms with Gasteiger partial charge in [-0.3, -0.25) is 9.69 Å². The Hall–Kier alpha value is -2.73. The van der Waals surface area contributed by atoms with Crippen LogP contribution < -0.4 is 0 Å². The van der Waals surface area contributed by atoms with Gasteiger partial charge in [-0.2, -0.15) is 0 Å². The first-order valence-electron chi connectivity index (χ1n) is 6.84. The van der Waals surface area contributed by atoms with Crippen LogP contribution in [0.2, 0.25) is 0 Å². The molecule has 1 N–H and O–H groups in total. The summed E-state index contributed by atoms with van der Waals surface area (Å²) in [6.45, 7) is 1.94. The molecule has 0 heterocycles. The molecule has 0 saturated heterocycles. The fraction of sp³-hybridized carbons (Fsp3) is 0.429. The summed E-state index contributed by atoms with van der Waals surface area (Å²) in [5.74, 6) is -1.08. The number of carboxylic acid groups (broad SMARTS) is 1. The van der Waals surface area contributed by atoms with Gasteiger partial charge < -0.3 is 9.84 Å². The lowest BCUT2D eigenvalue weighted by atomic mass is 10.2. The third-order valence-electron chi connectivity index (χ3n) is 2.82. The van der Waals surface area contributed by atoms with Crippen molar-refractivity contribution in [2.24, 2.45) is 5.11 Å². The maximum absolute atomic E-state index is 11.9. The predicted molar refractivity (Wildman–Crippen MR) is 79.5 cm³/mol. The molecule has 0 fully saturated rings. The van der Waals surface area contributed by atoms with Crippen molar-refractivity contribution in [1.82, 2.24) is 4.90 Å². The number of rotatable bonds is 8. The Labute approximate surface area is 127 Å². The van der Waals surface area contributed by atoms with Crippen LogP contribution in [0.15, 0.2) is 29.4 Å². The highest BCUT2D eigenvalue weighted by molar-refractivity contribution is 5.76. The van der Waals surface area contributed by atoms with E-state index in [1.807, 2.05) is 6.92 Å². The Morgan fingerprint density at radius 1 is 1.36 bits per heavy atom. The van der Waals surface area contributed by atoms with Crippen LogP contribution in [0.25, 0.3) is 10.4 Å². The number of hydrogen-bond acceptors (Lipinski definition) is 4. The molecule has 22 heavy (non-hydrogen) atoms. The lowest BCUT2D eigenvalue weighted by Crippen LogP contribution is -2.36. The third kappa shape index (κ3) is 6.15. The number of nitrogens with zero attached hydrogens (tertiary/aromatic N) is 4. The summed E-state index contributed by atoms with van der Waals surface area (Å²) in [4.78, 5) is 26.5. The second-order valence-corrected chi connectivity index (χ2v) is 4.58. The van der Waals surface area contributed by atoms with Crippen molar-refractivity contribution < 1.29 is 19.4 Å². The molecule has 118 valence electrons. The largest absolute Gasteiger partial charge is 0.480 e. The van der Waals surface area contributed by atoms with Crippen molar-refractivity contribution in [1.29, 1.82) is 0 Å². The molecule has 1 aromatic rings. The zero-order valence-corrected chi connectivity index (χ0v) is 12.3. The Morgan fingerprint density at radius 2 is 2.05 bits per heavy atom. The zero-order valence-electron chi connectivity index (χ0n) is 12.3. The first kappa shape index (κ1) is 17.3. The molecule has 0 aliphatic rings. The molecule has 1 amide bonds. The van der Waals surface area contributed by atoms with Crippen LogP contribution in [-0.4, -0.2) is 35.2 Å². The highest BCUT2D eigenvalue weighted by Gasteiger charge is 2.17. The molecule has 8 heteroatoms. The van der Waals surface area contributed by atoms with Gasteiger partial charge in [-0.05, 0) is 17.5 Å². The fourth-order valence-electron chi connectivity index (χ4n) is 1.69. The first-order chi connectivity index (χ1) is 10.6. The molecule has 0 aliphatic carbocycles. The Morgan fingerprint density at radius 3 is 2.59 bits per heavy atom. The molecule has 8 nitrogen and oxygen atoms in total. The monoisotopic (exact) mass is 306 g/mol. The summed E-state index contributed by atoms with van der Waals surface area (Å²) in [5, 5.41) is 12.2. The smallest absolute Gasteiger partial charge is 0.410 e. The topological polar surface area (TPSA) is 116 Å². The van der Waals surface area contributed by atoms with Crippen LogP contribution in [0.3, 0.4) is 0 Å². The van der Waals surface area contributed by atoms with E-state index in [1.165, 1.54) is 4.90 Å². The molecule has 1 aromatic carbocycles. The Kier molecular flexibility index (Phi) is 7.28. The van der Waals surface area contributed by atoms with Crippen molar-refractivity contribution in [3.8, 4) is 0 Å². The van der Waals surface area contributed by atoms with Crippen molar-refractivity contribution in [2.75, 3.05) is 13.1 Å². The van der Waals surface area contributed by atoms with Crippen LogP contribution in [0, 0.1) is 0 Å². The maximum Gasteiger partial charge on any atom is 0.410 e. The maximum atomic E-state index is 11.9. The van der Waals surface area contributed by atoms with E-state index in [4.69, 9.17) is 15.4 Å². The van der Waals surface area contributed by atoms with E-state index < -0.39 is 12.1 Å². The number of carbonyl (C=O) groups is 2. The van der Waals surface area contributed by atoms with Gasteiger partial charge in [0.15, 0.2) is 0 Å². The minimum absolute atomic E-state index is 0.0254. The van der Waals surface area contributed by atoms with Crippen molar-refractivity contribution in [2.45, 2.75) is 26.4 Å². The van der Waals surface area contributed by atoms with Gasteiger partial charge in [0.25, 0.3) is 0 Å². The molecule has 0 spiro atoms. The molecule has 0 atom stereocenters. The van der Waals surface area contributed by atoms with Crippen molar-refractivity contribution in [3.05, 3.63) is 40.3 Å². The van der Waals surface area contributed by atoms with Gasteiger partial charge in [0.05, 0.1) is 0 Å². The third-order valence-corrected chi connectivity index (χ3v) is 2.82. The van der Waals surface area contributed by atoms with Gasteiger partial charge >= 0.3 is 12.1 Å². The van der Waals surface area contributed by atoms with E-state index in [0.29, 0.717) is 18.7 Å². The summed E-state index contributed by atoms with van der Waals surface area (Å²) in [5.41, 5.74) is 9.49. The molecule has 0 saturated carbocycles. The Bertz CT molecular complexity index is 552. The number of azide groups is 1. The quantitative estimate of drug-likeness (QED) is 0.449. The van der Waals surface area contributed by atoms with Gasteiger partial charge in [0.2, 0.25) is 0 Å². The number of aliphatic carboxylic acids is 1. The number of benzene rings is 1. The molecular weight excluding hydrogens is 288 g/mol. The second kappa shape index (κ2) is 9.25. The van der Waals surface area contributed by atoms with E-state index in [9.17, 15) is 9.59 Å². The van der Waals surface area contributed by atoms with Crippen LogP contribution in [-0.2, 0) is 16.1 Å². The average molecular weight is 306 g/mol. The predicted octanol–water partition coefficient (Wildman–Crippen LogP) is 3.45. The van der Waals surface area contributed by atoms with E-state index in [0.717, 1.165) is 12.0 Å². The first-order valence-corrected chi connectivity index (χ1v) is 6.84.